The van der Waals surface area contributed by atoms with Gasteiger partial charge in [-0.05, 0) is 59.8 Å². The van der Waals surface area contributed by atoms with Crippen molar-refractivity contribution < 1.29 is 9.47 Å². The Hall–Kier alpha value is -0.0800. The summed E-state index contributed by atoms with van der Waals surface area (Å²) in [6.07, 6.45) is 7.62. The van der Waals surface area contributed by atoms with E-state index in [4.69, 9.17) is 9.47 Å². The van der Waals surface area contributed by atoms with E-state index < -0.39 is 0 Å². The van der Waals surface area contributed by atoms with Crippen LogP contribution in [-0.2, 0) is 9.47 Å². The Labute approximate surface area is 94.3 Å². The molecule has 0 aromatic carbocycles. The van der Waals surface area contributed by atoms with E-state index in [1.165, 1.54) is 19.3 Å². The highest BCUT2D eigenvalue weighted by Crippen LogP contribution is 2.24. The summed E-state index contributed by atoms with van der Waals surface area (Å²) in [6, 6.07) is 0. The van der Waals surface area contributed by atoms with Gasteiger partial charge in [-0.1, -0.05) is 0 Å². The summed E-state index contributed by atoms with van der Waals surface area (Å²) in [5, 5.41) is 0. The van der Waals surface area contributed by atoms with Gasteiger partial charge in [0.15, 0.2) is 0 Å². The Kier molecular flexibility index (Phi) is 5.62. The molecule has 0 aromatic rings. The Morgan fingerprint density at radius 1 is 0.733 bits per heavy atom. The zero-order valence-electron chi connectivity index (χ0n) is 10.7. The fourth-order valence-corrected chi connectivity index (χ4v) is 2.28. The smallest absolute Gasteiger partial charge is 0.0579 e. The lowest BCUT2D eigenvalue weighted by molar-refractivity contribution is -0.0163. The van der Waals surface area contributed by atoms with Crippen molar-refractivity contribution in [2.75, 3.05) is 0 Å². The normalized spacial score (nSPS) is 28.4. The first-order valence-corrected chi connectivity index (χ1v) is 6.39. The van der Waals surface area contributed by atoms with E-state index in [0.717, 1.165) is 12.8 Å². The van der Waals surface area contributed by atoms with Gasteiger partial charge in [0.05, 0.1) is 24.4 Å². The van der Waals surface area contributed by atoms with Crippen LogP contribution in [0.2, 0.25) is 0 Å². The van der Waals surface area contributed by atoms with Crippen LogP contribution in [0.1, 0.15) is 59.8 Å². The van der Waals surface area contributed by atoms with Gasteiger partial charge in [-0.25, -0.2) is 0 Å². The SMILES string of the molecule is CC(C)OC1CCCC(OC(C)C)CC1. The zero-order valence-corrected chi connectivity index (χ0v) is 10.7. The third kappa shape index (κ3) is 5.53. The lowest BCUT2D eigenvalue weighted by Crippen LogP contribution is -2.19. The molecule has 0 amide bonds. The number of rotatable bonds is 4. The second-order valence-electron chi connectivity index (χ2n) is 5.12. The van der Waals surface area contributed by atoms with E-state index in [9.17, 15) is 0 Å². The van der Waals surface area contributed by atoms with Crippen molar-refractivity contribution in [1.82, 2.24) is 0 Å². The fourth-order valence-electron chi connectivity index (χ4n) is 2.28. The van der Waals surface area contributed by atoms with Gasteiger partial charge < -0.3 is 9.47 Å². The molecule has 2 heteroatoms. The van der Waals surface area contributed by atoms with Crippen LogP contribution in [0.25, 0.3) is 0 Å². The quantitative estimate of drug-likeness (QED) is 0.666. The molecule has 0 aromatic heterocycles. The maximum atomic E-state index is 5.87. The summed E-state index contributed by atoms with van der Waals surface area (Å²) in [5.74, 6) is 0. The van der Waals surface area contributed by atoms with Crippen molar-refractivity contribution in [2.45, 2.75) is 84.2 Å². The summed E-state index contributed by atoms with van der Waals surface area (Å²) in [4.78, 5) is 0. The van der Waals surface area contributed by atoms with E-state index in [2.05, 4.69) is 27.7 Å². The van der Waals surface area contributed by atoms with Gasteiger partial charge in [-0.3, -0.25) is 0 Å². The fraction of sp³-hybridized carbons (Fsp3) is 1.00. The van der Waals surface area contributed by atoms with Gasteiger partial charge in [-0.15, -0.1) is 0 Å². The Morgan fingerprint density at radius 2 is 1.13 bits per heavy atom. The minimum absolute atomic E-state index is 0.359. The average molecular weight is 214 g/mol. The van der Waals surface area contributed by atoms with Crippen LogP contribution in [0.4, 0.5) is 0 Å². The molecular formula is C13H26O2. The Balaban J connectivity index is 2.28. The molecule has 90 valence electrons. The molecule has 0 N–H and O–H groups in total. The minimum atomic E-state index is 0.359. The van der Waals surface area contributed by atoms with E-state index >= 15 is 0 Å². The molecule has 0 spiro atoms. The van der Waals surface area contributed by atoms with Gasteiger partial charge in [-0.2, -0.15) is 0 Å². The molecule has 0 aliphatic heterocycles. The first-order chi connectivity index (χ1) is 7.08. The molecule has 2 nitrogen and oxygen atoms in total. The van der Waals surface area contributed by atoms with Crippen LogP contribution >= 0.6 is 0 Å². The van der Waals surface area contributed by atoms with Gasteiger partial charge in [0.2, 0.25) is 0 Å². The molecule has 2 atom stereocenters. The summed E-state index contributed by atoms with van der Waals surface area (Å²) in [6.45, 7) is 8.47. The largest absolute Gasteiger partial charge is 0.376 e. The molecule has 0 heterocycles. The van der Waals surface area contributed by atoms with Crippen LogP contribution in [0, 0.1) is 0 Å². The van der Waals surface area contributed by atoms with Crippen molar-refractivity contribution in [3.63, 3.8) is 0 Å². The monoisotopic (exact) mass is 214 g/mol. The molecule has 0 radical (unpaired) electrons. The standard InChI is InChI=1S/C13H26O2/c1-10(2)14-12-6-5-7-13(9-8-12)15-11(3)4/h10-13H,5-9H2,1-4H3. The lowest BCUT2D eigenvalue weighted by atomic mass is 10.1. The van der Waals surface area contributed by atoms with E-state index in [0.29, 0.717) is 24.4 Å². The third-order valence-electron chi connectivity index (χ3n) is 2.79. The van der Waals surface area contributed by atoms with Crippen LogP contribution in [0.3, 0.4) is 0 Å². The maximum Gasteiger partial charge on any atom is 0.0579 e. The summed E-state index contributed by atoms with van der Waals surface area (Å²) in [7, 11) is 0. The van der Waals surface area contributed by atoms with E-state index in [1.807, 2.05) is 0 Å². The minimum Gasteiger partial charge on any atom is -0.376 e. The van der Waals surface area contributed by atoms with Crippen LogP contribution in [-0.4, -0.2) is 24.4 Å². The molecule has 1 aliphatic carbocycles. The van der Waals surface area contributed by atoms with Crippen molar-refractivity contribution in [3.05, 3.63) is 0 Å². The molecule has 1 saturated carbocycles. The first kappa shape index (κ1) is 13.0. The number of hydrogen-bond donors (Lipinski definition) is 0. The summed E-state index contributed by atoms with van der Waals surface area (Å²) >= 11 is 0. The second kappa shape index (κ2) is 6.49. The molecule has 2 unspecified atom stereocenters. The van der Waals surface area contributed by atoms with Gasteiger partial charge >= 0.3 is 0 Å². The molecule has 15 heavy (non-hydrogen) atoms. The predicted molar refractivity (Wildman–Crippen MR) is 63.1 cm³/mol. The predicted octanol–water partition coefficient (Wildman–Crippen LogP) is 3.54. The zero-order chi connectivity index (χ0) is 11.3. The van der Waals surface area contributed by atoms with Crippen LogP contribution < -0.4 is 0 Å². The highest BCUT2D eigenvalue weighted by atomic mass is 16.5. The van der Waals surface area contributed by atoms with Crippen molar-refractivity contribution in [1.29, 1.82) is 0 Å². The molecule has 0 bridgehead atoms. The van der Waals surface area contributed by atoms with Crippen LogP contribution in [0.15, 0.2) is 0 Å². The molecule has 1 aliphatic rings. The van der Waals surface area contributed by atoms with E-state index in [-0.39, 0.29) is 0 Å². The third-order valence-corrected chi connectivity index (χ3v) is 2.79. The maximum absolute atomic E-state index is 5.87. The van der Waals surface area contributed by atoms with E-state index in [1.54, 1.807) is 0 Å². The van der Waals surface area contributed by atoms with Crippen molar-refractivity contribution >= 4 is 0 Å². The molecule has 1 fully saturated rings. The highest BCUT2D eigenvalue weighted by Gasteiger charge is 2.20. The van der Waals surface area contributed by atoms with Crippen molar-refractivity contribution in [2.24, 2.45) is 0 Å². The van der Waals surface area contributed by atoms with Crippen LogP contribution in [0.5, 0.6) is 0 Å². The van der Waals surface area contributed by atoms with Gasteiger partial charge in [0.1, 0.15) is 0 Å². The summed E-state index contributed by atoms with van der Waals surface area (Å²) in [5.41, 5.74) is 0. The average Bonchev–Trinajstić information content (AvgIpc) is 2.29. The Bertz CT molecular complexity index is 148. The van der Waals surface area contributed by atoms with Gasteiger partial charge in [0, 0.05) is 0 Å². The Morgan fingerprint density at radius 3 is 1.47 bits per heavy atom. The second-order valence-corrected chi connectivity index (χ2v) is 5.12. The topological polar surface area (TPSA) is 18.5 Å². The van der Waals surface area contributed by atoms with Gasteiger partial charge in [0.25, 0.3) is 0 Å². The molecule has 1 rings (SSSR count). The summed E-state index contributed by atoms with van der Waals surface area (Å²) < 4.78 is 11.7. The lowest BCUT2D eigenvalue weighted by Gasteiger charge is -2.20. The number of hydrogen-bond acceptors (Lipinski definition) is 2. The molecule has 0 saturated heterocycles. The number of ether oxygens (including phenoxy) is 2. The van der Waals surface area contributed by atoms with Crippen molar-refractivity contribution in [3.8, 4) is 0 Å². The highest BCUT2D eigenvalue weighted by molar-refractivity contribution is 4.71. The molecular weight excluding hydrogens is 188 g/mol. The first-order valence-electron chi connectivity index (χ1n) is 6.39.